The van der Waals surface area contributed by atoms with Crippen LogP contribution in [0.5, 0.6) is 5.75 Å². The minimum absolute atomic E-state index is 0.0146. The molecule has 0 aliphatic heterocycles. The van der Waals surface area contributed by atoms with Crippen molar-refractivity contribution in [1.29, 1.82) is 0 Å². The predicted molar refractivity (Wildman–Crippen MR) is 111 cm³/mol. The van der Waals surface area contributed by atoms with Crippen LogP contribution >= 0.6 is 11.6 Å². The summed E-state index contributed by atoms with van der Waals surface area (Å²) < 4.78 is 15.9. The number of phenolic OH excluding ortho intramolecular Hbond substituents is 1. The number of carbonyl (C=O) groups is 1. The van der Waals surface area contributed by atoms with Crippen molar-refractivity contribution in [3.63, 3.8) is 0 Å². The van der Waals surface area contributed by atoms with Gasteiger partial charge in [0.25, 0.3) is 0 Å². The summed E-state index contributed by atoms with van der Waals surface area (Å²) in [6, 6.07) is 7.85. The van der Waals surface area contributed by atoms with E-state index in [9.17, 15) is 24.2 Å². The number of carboxylic acids is 1. The molecule has 0 bridgehead atoms. The lowest BCUT2D eigenvalue weighted by atomic mass is 10.00. The van der Waals surface area contributed by atoms with E-state index in [2.05, 4.69) is 6.92 Å². The Morgan fingerprint density at radius 1 is 1.17 bits per heavy atom. The average molecular weight is 418 g/mol. The maximum absolute atomic E-state index is 14.3. The van der Waals surface area contributed by atoms with Gasteiger partial charge in [-0.05, 0) is 29.7 Å². The first kappa shape index (κ1) is 20.9. The summed E-state index contributed by atoms with van der Waals surface area (Å²) in [5.74, 6) is -2.28. The number of hydrogen-bond donors (Lipinski definition) is 2. The maximum atomic E-state index is 14.3. The molecule has 2 N–H and O–H groups in total. The summed E-state index contributed by atoms with van der Waals surface area (Å²) in [5.41, 5.74) is -0.132. The molecule has 0 aliphatic carbocycles. The lowest BCUT2D eigenvalue weighted by Crippen LogP contribution is -2.19. The van der Waals surface area contributed by atoms with Gasteiger partial charge in [-0.1, -0.05) is 49.6 Å². The molecule has 1 aromatic heterocycles. The first-order valence-corrected chi connectivity index (χ1v) is 9.77. The third-order valence-electron chi connectivity index (χ3n) is 4.95. The molecule has 5 nitrogen and oxygen atoms in total. The van der Waals surface area contributed by atoms with E-state index in [1.165, 1.54) is 12.3 Å². The van der Waals surface area contributed by atoms with Gasteiger partial charge < -0.3 is 14.8 Å². The van der Waals surface area contributed by atoms with E-state index in [1.54, 1.807) is 28.8 Å². The number of fused-ring (bicyclic) bond motifs is 1. The number of halogens is 2. The largest absolute Gasteiger partial charge is 0.507 e. The normalized spacial score (nSPS) is 11.1. The van der Waals surface area contributed by atoms with E-state index in [-0.39, 0.29) is 28.1 Å². The predicted octanol–water partition coefficient (Wildman–Crippen LogP) is 4.98. The number of phenols is 1. The SMILES string of the molecule is CCCCCn1cc(C(=O)O)c(=O)c2c(O)c(Cc3cccc(Cl)c3F)ccc21. The summed E-state index contributed by atoms with van der Waals surface area (Å²) in [4.78, 5) is 24.3. The number of hydrogen-bond acceptors (Lipinski definition) is 3. The number of pyridine rings is 1. The minimum Gasteiger partial charge on any atom is -0.507 e. The second-order valence-electron chi connectivity index (χ2n) is 6.93. The van der Waals surface area contributed by atoms with Gasteiger partial charge in [0.05, 0.1) is 15.9 Å². The standard InChI is InChI=1S/C22H21ClFNO4/c1-2-3-4-10-25-12-15(22(28)29)21(27)18-17(25)9-8-14(20(18)26)11-13-6-5-7-16(23)19(13)24/h5-9,12,26H,2-4,10-11H2,1H3,(H,28,29). The molecule has 0 saturated carbocycles. The number of rotatable bonds is 7. The Hall–Kier alpha value is -2.86. The van der Waals surface area contributed by atoms with Crippen molar-refractivity contribution in [2.24, 2.45) is 0 Å². The summed E-state index contributed by atoms with van der Waals surface area (Å²) in [7, 11) is 0. The summed E-state index contributed by atoms with van der Waals surface area (Å²) >= 11 is 5.82. The molecule has 1 heterocycles. The molecule has 0 amide bonds. The number of unbranched alkanes of at least 4 members (excludes halogenated alkanes) is 2. The molecule has 152 valence electrons. The molecule has 0 fully saturated rings. The lowest BCUT2D eigenvalue weighted by molar-refractivity contribution is 0.0695. The molecular weight excluding hydrogens is 397 g/mol. The molecule has 0 saturated heterocycles. The van der Waals surface area contributed by atoms with E-state index in [1.807, 2.05) is 0 Å². The Kier molecular flexibility index (Phi) is 6.23. The van der Waals surface area contributed by atoms with Gasteiger partial charge >= 0.3 is 5.97 Å². The van der Waals surface area contributed by atoms with Crippen molar-refractivity contribution in [2.75, 3.05) is 0 Å². The second-order valence-corrected chi connectivity index (χ2v) is 7.34. The van der Waals surface area contributed by atoms with Crippen molar-refractivity contribution < 1.29 is 19.4 Å². The summed E-state index contributed by atoms with van der Waals surface area (Å²) in [5, 5.41) is 20.1. The van der Waals surface area contributed by atoms with Crippen LogP contribution in [-0.2, 0) is 13.0 Å². The van der Waals surface area contributed by atoms with E-state index in [0.717, 1.165) is 19.3 Å². The number of benzene rings is 2. The van der Waals surface area contributed by atoms with Crippen LogP contribution < -0.4 is 5.43 Å². The molecule has 3 aromatic rings. The zero-order chi connectivity index (χ0) is 21.1. The van der Waals surface area contributed by atoms with E-state index in [0.29, 0.717) is 17.6 Å². The van der Waals surface area contributed by atoms with Gasteiger partial charge in [-0.25, -0.2) is 9.18 Å². The van der Waals surface area contributed by atoms with Crippen LogP contribution in [0.2, 0.25) is 5.02 Å². The monoisotopic (exact) mass is 417 g/mol. The highest BCUT2D eigenvalue weighted by Crippen LogP contribution is 2.30. The smallest absolute Gasteiger partial charge is 0.341 e. The van der Waals surface area contributed by atoms with Gasteiger partial charge in [-0.15, -0.1) is 0 Å². The van der Waals surface area contributed by atoms with Crippen LogP contribution in [0.3, 0.4) is 0 Å². The second kappa shape index (κ2) is 8.66. The van der Waals surface area contributed by atoms with Crippen LogP contribution in [0.15, 0.2) is 41.3 Å². The van der Waals surface area contributed by atoms with E-state index in [4.69, 9.17) is 11.6 Å². The van der Waals surface area contributed by atoms with Crippen molar-refractivity contribution in [3.8, 4) is 5.75 Å². The molecular formula is C22H21ClFNO4. The van der Waals surface area contributed by atoms with Gasteiger partial charge in [-0.2, -0.15) is 0 Å². The number of carboxylic acid groups (broad SMARTS) is 1. The van der Waals surface area contributed by atoms with Crippen LogP contribution in [0.25, 0.3) is 10.9 Å². The molecule has 0 radical (unpaired) electrons. The third-order valence-corrected chi connectivity index (χ3v) is 5.24. The first-order valence-electron chi connectivity index (χ1n) is 9.39. The quantitative estimate of drug-likeness (QED) is 0.531. The Balaban J connectivity index is 2.17. The minimum atomic E-state index is -1.35. The molecule has 29 heavy (non-hydrogen) atoms. The van der Waals surface area contributed by atoms with Crippen molar-refractivity contribution in [3.05, 3.63) is 74.3 Å². The van der Waals surface area contributed by atoms with Crippen LogP contribution in [0.1, 0.15) is 47.7 Å². The number of aryl methyl sites for hydroxylation is 1. The van der Waals surface area contributed by atoms with E-state index < -0.39 is 22.8 Å². The fourth-order valence-corrected chi connectivity index (χ4v) is 3.60. The van der Waals surface area contributed by atoms with Crippen molar-refractivity contribution >= 4 is 28.5 Å². The zero-order valence-electron chi connectivity index (χ0n) is 15.9. The molecule has 7 heteroatoms. The Labute approximate surface area is 172 Å². The summed E-state index contributed by atoms with van der Waals surface area (Å²) in [6.07, 6.45) is 4.08. The highest BCUT2D eigenvalue weighted by Gasteiger charge is 2.20. The maximum Gasteiger partial charge on any atom is 0.341 e. The van der Waals surface area contributed by atoms with Gasteiger partial charge in [0.1, 0.15) is 17.1 Å². The van der Waals surface area contributed by atoms with Crippen LogP contribution in [0.4, 0.5) is 4.39 Å². The zero-order valence-corrected chi connectivity index (χ0v) is 16.7. The molecule has 0 spiro atoms. The molecule has 0 unspecified atom stereocenters. The average Bonchev–Trinajstić information content (AvgIpc) is 2.68. The Morgan fingerprint density at radius 3 is 2.62 bits per heavy atom. The fraction of sp³-hybridized carbons (Fsp3) is 0.273. The van der Waals surface area contributed by atoms with Crippen molar-refractivity contribution in [2.45, 2.75) is 39.2 Å². The highest BCUT2D eigenvalue weighted by molar-refractivity contribution is 6.30. The number of aromatic hydroxyl groups is 1. The third kappa shape index (κ3) is 4.12. The lowest BCUT2D eigenvalue weighted by Gasteiger charge is -2.15. The highest BCUT2D eigenvalue weighted by atomic mass is 35.5. The molecule has 2 aromatic carbocycles. The number of nitrogens with zero attached hydrogens (tertiary/aromatic N) is 1. The van der Waals surface area contributed by atoms with Gasteiger partial charge in [0, 0.05) is 19.2 Å². The van der Waals surface area contributed by atoms with Crippen molar-refractivity contribution in [1.82, 2.24) is 4.57 Å². The number of aromatic carboxylic acids is 1. The molecule has 0 atom stereocenters. The van der Waals surface area contributed by atoms with Crippen LogP contribution in [-0.4, -0.2) is 20.7 Å². The topological polar surface area (TPSA) is 79.5 Å². The van der Waals surface area contributed by atoms with Gasteiger partial charge in [0.2, 0.25) is 5.43 Å². The fourth-order valence-electron chi connectivity index (χ4n) is 3.41. The first-order chi connectivity index (χ1) is 13.8. The Bertz CT molecular complexity index is 1140. The Morgan fingerprint density at radius 2 is 1.93 bits per heavy atom. The molecule has 3 rings (SSSR count). The number of aromatic nitrogens is 1. The van der Waals surface area contributed by atoms with Gasteiger partial charge in [-0.3, -0.25) is 4.79 Å². The molecule has 0 aliphatic rings. The van der Waals surface area contributed by atoms with Crippen LogP contribution in [0, 0.1) is 5.82 Å². The van der Waals surface area contributed by atoms with E-state index >= 15 is 0 Å². The van der Waals surface area contributed by atoms with Gasteiger partial charge in [0.15, 0.2) is 0 Å². The summed E-state index contributed by atoms with van der Waals surface area (Å²) in [6.45, 7) is 2.58.